The number of nitrogen functional groups attached to an aromatic ring is 1. The molecule has 1 heterocycles. The van der Waals surface area contributed by atoms with Crippen LogP contribution in [0.2, 0.25) is 0 Å². The maximum Gasteiger partial charge on any atom is 0.238 e. The zero-order valence-corrected chi connectivity index (χ0v) is 11.3. The van der Waals surface area contributed by atoms with E-state index in [1.807, 2.05) is 25.1 Å². The molecule has 0 aliphatic rings. The fourth-order valence-corrected chi connectivity index (χ4v) is 1.62. The topological polar surface area (TPSA) is 70.3 Å². The summed E-state index contributed by atoms with van der Waals surface area (Å²) in [4.78, 5) is 7.86. The van der Waals surface area contributed by atoms with Gasteiger partial charge in [-0.25, -0.2) is 4.98 Å². The van der Waals surface area contributed by atoms with E-state index in [4.69, 9.17) is 15.2 Å². The van der Waals surface area contributed by atoms with E-state index < -0.39 is 0 Å². The number of rotatable bonds is 4. The molecule has 0 aliphatic heterocycles. The number of aromatic nitrogens is 2. The molecule has 0 atom stereocenters. The fraction of sp³-hybridized carbons (Fsp3) is 0.167. The smallest absolute Gasteiger partial charge is 0.238 e. The Bertz CT molecular complexity index is 549. The molecule has 6 heteroatoms. The lowest BCUT2D eigenvalue weighted by Crippen LogP contribution is -1.99. The van der Waals surface area contributed by atoms with Crippen LogP contribution in [-0.4, -0.2) is 16.6 Å². The van der Waals surface area contributed by atoms with Gasteiger partial charge in [-0.1, -0.05) is 12.1 Å². The van der Waals surface area contributed by atoms with Gasteiger partial charge in [-0.3, -0.25) is 0 Å². The monoisotopic (exact) mass is 309 g/mol. The lowest BCUT2D eigenvalue weighted by molar-refractivity contribution is 0.319. The summed E-state index contributed by atoms with van der Waals surface area (Å²) in [6.45, 7) is 2.48. The van der Waals surface area contributed by atoms with Crippen molar-refractivity contribution in [2.45, 2.75) is 6.92 Å². The number of hydrogen-bond donors (Lipinski definition) is 1. The predicted octanol–water partition coefficient (Wildman–Crippen LogP) is 3.01. The summed E-state index contributed by atoms with van der Waals surface area (Å²) in [5.74, 6) is 1.75. The maximum atomic E-state index is 5.67. The number of nitrogens with zero attached hydrogens (tertiary/aromatic N) is 2. The Labute approximate surface area is 113 Å². The van der Waals surface area contributed by atoms with E-state index in [-0.39, 0.29) is 5.95 Å². The van der Waals surface area contributed by atoms with Crippen molar-refractivity contribution in [3.63, 3.8) is 0 Å². The highest BCUT2D eigenvalue weighted by atomic mass is 79.9. The highest BCUT2D eigenvalue weighted by Gasteiger charge is 2.10. The first kappa shape index (κ1) is 12.6. The van der Waals surface area contributed by atoms with E-state index in [1.54, 1.807) is 12.3 Å². The number of halogens is 1. The Hall–Kier alpha value is -1.82. The second-order valence-electron chi connectivity index (χ2n) is 3.36. The van der Waals surface area contributed by atoms with Crippen LogP contribution in [0, 0.1) is 0 Å². The summed E-state index contributed by atoms with van der Waals surface area (Å²) < 4.78 is 11.8. The van der Waals surface area contributed by atoms with Gasteiger partial charge in [0, 0.05) is 0 Å². The molecule has 0 saturated carbocycles. The van der Waals surface area contributed by atoms with Gasteiger partial charge in [0.05, 0.1) is 17.3 Å². The standard InChI is InChI=1S/C12H12BrN3O2/c1-2-17-9-5-3-4-6-10(9)18-11-8(13)7-15-12(14)16-11/h3-7H,2H2,1H3,(H2,14,15,16). The van der Waals surface area contributed by atoms with E-state index in [2.05, 4.69) is 25.9 Å². The summed E-state index contributed by atoms with van der Waals surface area (Å²) in [7, 11) is 0. The molecule has 0 unspecified atom stereocenters. The average molecular weight is 310 g/mol. The molecule has 0 aliphatic carbocycles. The first-order valence-corrected chi connectivity index (χ1v) is 6.17. The minimum absolute atomic E-state index is 0.155. The molecule has 0 fully saturated rings. The van der Waals surface area contributed by atoms with Crippen LogP contribution in [0.4, 0.5) is 5.95 Å². The Kier molecular flexibility index (Phi) is 3.99. The largest absolute Gasteiger partial charge is 0.490 e. The van der Waals surface area contributed by atoms with Gasteiger partial charge >= 0.3 is 0 Å². The quantitative estimate of drug-likeness (QED) is 0.940. The van der Waals surface area contributed by atoms with Crippen LogP contribution in [-0.2, 0) is 0 Å². The van der Waals surface area contributed by atoms with E-state index in [9.17, 15) is 0 Å². The van der Waals surface area contributed by atoms with E-state index in [0.29, 0.717) is 28.5 Å². The summed E-state index contributed by atoms with van der Waals surface area (Å²) in [6.07, 6.45) is 1.54. The molecule has 1 aromatic carbocycles. The molecule has 2 rings (SSSR count). The number of anilines is 1. The first-order valence-electron chi connectivity index (χ1n) is 5.38. The molecule has 0 saturated heterocycles. The molecule has 0 bridgehead atoms. The van der Waals surface area contributed by atoms with Gasteiger partial charge in [0.1, 0.15) is 0 Å². The van der Waals surface area contributed by atoms with Crippen LogP contribution < -0.4 is 15.2 Å². The zero-order chi connectivity index (χ0) is 13.0. The van der Waals surface area contributed by atoms with Crippen LogP contribution in [0.25, 0.3) is 0 Å². The minimum atomic E-state index is 0.155. The lowest BCUT2D eigenvalue weighted by Gasteiger charge is -2.11. The Morgan fingerprint density at radius 3 is 2.72 bits per heavy atom. The van der Waals surface area contributed by atoms with Crippen LogP contribution in [0.1, 0.15) is 6.92 Å². The summed E-state index contributed by atoms with van der Waals surface area (Å²) >= 11 is 3.31. The van der Waals surface area contributed by atoms with Crippen LogP contribution >= 0.6 is 15.9 Å². The van der Waals surface area contributed by atoms with Crippen LogP contribution in [0.3, 0.4) is 0 Å². The van der Waals surface area contributed by atoms with Gasteiger partial charge in [-0.05, 0) is 35.0 Å². The fourth-order valence-electron chi connectivity index (χ4n) is 1.35. The molecule has 0 radical (unpaired) electrons. The van der Waals surface area contributed by atoms with Gasteiger partial charge in [0.15, 0.2) is 11.5 Å². The van der Waals surface area contributed by atoms with Crippen LogP contribution in [0.5, 0.6) is 17.4 Å². The predicted molar refractivity (Wildman–Crippen MR) is 71.8 cm³/mol. The molecule has 5 nitrogen and oxygen atoms in total. The van der Waals surface area contributed by atoms with Gasteiger partial charge in [-0.15, -0.1) is 0 Å². The van der Waals surface area contributed by atoms with Gasteiger partial charge in [0.25, 0.3) is 0 Å². The number of nitrogens with two attached hydrogens (primary N) is 1. The number of para-hydroxylation sites is 2. The number of ether oxygens (including phenoxy) is 2. The maximum absolute atomic E-state index is 5.67. The van der Waals surface area contributed by atoms with Crippen molar-refractivity contribution < 1.29 is 9.47 Å². The van der Waals surface area contributed by atoms with Crippen molar-refractivity contribution in [3.05, 3.63) is 34.9 Å². The van der Waals surface area contributed by atoms with Crippen molar-refractivity contribution in [2.75, 3.05) is 12.3 Å². The summed E-state index contributed by atoms with van der Waals surface area (Å²) in [5.41, 5.74) is 5.52. The number of benzene rings is 1. The van der Waals surface area contributed by atoms with Crippen molar-refractivity contribution in [1.29, 1.82) is 0 Å². The Morgan fingerprint density at radius 2 is 2.00 bits per heavy atom. The molecular formula is C12H12BrN3O2. The van der Waals surface area contributed by atoms with E-state index >= 15 is 0 Å². The first-order chi connectivity index (χ1) is 8.70. The second-order valence-corrected chi connectivity index (χ2v) is 4.22. The molecule has 0 spiro atoms. The van der Waals surface area contributed by atoms with Gasteiger partial charge < -0.3 is 15.2 Å². The average Bonchev–Trinajstić information content (AvgIpc) is 2.36. The molecule has 2 aromatic rings. The zero-order valence-electron chi connectivity index (χ0n) is 9.76. The molecule has 1 aromatic heterocycles. The summed E-state index contributed by atoms with van der Waals surface area (Å²) in [6, 6.07) is 7.37. The second kappa shape index (κ2) is 5.68. The Balaban J connectivity index is 2.30. The third kappa shape index (κ3) is 2.89. The van der Waals surface area contributed by atoms with Gasteiger partial charge in [-0.2, -0.15) is 4.98 Å². The molecular weight excluding hydrogens is 298 g/mol. The van der Waals surface area contributed by atoms with Crippen molar-refractivity contribution in [1.82, 2.24) is 9.97 Å². The normalized spacial score (nSPS) is 10.1. The molecule has 18 heavy (non-hydrogen) atoms. The highest BCUT2D eigenvalue weighted by Crippen LogP contribution is 2.33. The van der Waals surface area contributed by atoms with E-state index in [0.717, 1.165) is 0 Å². The third-order valence-corrected chi connectivity index (χ3v) is 2.63. The SMILES string of the molecule is CCOc1ccccc1Oc1nc(N)ncc1Br. The summed E-state index contributed by atoms with van der Waals surface area (Å²) in [5, 5.41) is 0. The molecule has 94 valence electrons. The molecule has 2 N–H and O–H groups in total. The van der Waals surface area contributed by atoms with Crippen molar-refractivity contribution in [3.8, 4) is 17.4 Å². The lowest BCUT2D eigenvalue weighted by atomic mass is 10.3. The van der Waals surface area contributed by atoms with Crippen LogP contribution in [0.15, 0.2) is 34.9 Å². The highest BCUT2D eigenvalue weighted by molar-refractivity contribution is 9.10. The van der Waals surface area contributed by atoms with E-state index in [1.165, 1.54) is 0 Å². The third-order valence-electron chi connectivity index (χ3n) is 2.09. The minimum Gasteiger partial charge on any atom is -0.490 e. The Morgan fingerprint density at radius 1 is 1.28 bits per heavy atom. The van der Waals surface area contributed by atoms with Crippen molar-refractivity contribution in [2.24, 2.45) is 0 Å². The molecule has 0 amide bonds. The number of hydrogen-bond acceptors (Lipinski definition) is 5. The van der Waals surface area contributed by atoms with Gasteiger partial charge in [0.2, 0.25) is 11.8 Å². The van der Waals surface area contributed by atoms with Crippen molar-refractivity contribution >= 4 is 21.9 Å².